The van der Waals surface area contributed by atoms with Crippen LogP contribution in [0.25, 0.3) is 0 Å². The molecule has 0 aliphatic carbocycles. The Morgan fingerprint density at radius 1 is 1.11 bits per heavy atom. The Balaban J connectivity index is 2.52. The van der Waals surface area contributed by atoms with Gasteiger partial charge in [0.1, 0.15) is 11.5 Å². The zero-order chi connectivity index (χ0) is 21.2. The number of phenolic OH excluding ortho intramolecular Hbond substituents is 1. The Labute approximate surface area is 172 Å². The zero-order valence-electron chi connectivity index (χ0n) is 18.7. The number of nitrogens with two attached hydrogens (primary N) is 1. The number of rotatable bonds is 14. The second-order valence-corrected chi connectivity index (χ2v) is 9.27. The molecule has 0 saturated carbocycles. The first kappa shape index (κ1) is 24.8. The first-order valence-electron chi connectivity index (χ1n) is 11.0. The highest BCUT2D eigenvalue weighted by Crippen LogP contribution is 2.28. The minimum atomic E-state index is -0.595. The molecule has 0 heterocycles. The number of phenols is 1. The van der Waals surface area contributed by atoms with E-state index in [0.717, 1.165) is 30.7 Å². The lowest BCUT2D eigenvalue weighted by atomic mass is 9.83. The average molecular weight is 394 g/mol. The third kappa shape index (κ3) is 9.29. The van der Waals surface area contributed by atoms with E-state index in [2.05, 4.69) is 34.6 Å². The van der Waals surface area contributed by atoms with Crippen LogP contribution in [-0.2, 0) is 6.42 Å². The molecular formula is C24H43NO3. The van der Waals surface area contributed by atoms with Crippen LogP contribution in [0.4, 0.5) is 0 Å². The largest absolute Gasteiger partial charge is 0.508 e. The van der Waals surface area contributed by atoms with Crippen LogP contribution in [0.2, 0.25) is 0 Å². The van der Waals surface area contributed by atoms with E-state index < -0.39 is 5.54 Å². The minimum absolute atomic E-state index is 0.0337. The normalized spacial score (nSPS) is 16.0. The van der Waals surface area contributed by atoms with Gasteiger partial charge in [-0.05, 0) is 55.1 Å². The third-order valence-corrected chi connectivity index (χ3v) is 5.73. The van der Waals surface area contributed by atoms with E-state index in [9.17, 15) is 10.2 Å². The fourth-order valence-electron chi connectivity index (χ4n) is 3.51. The van der Waals surface area contributed by atoms with Crippen molar-refractivity contribution in [1.82, 2.24) is 0 Å². The number of aliphatic hydroxyl groups is 1. The van der Waals surface area contributed by atoms with E-state index in [-0.39, 0.29) is 12.4 Å². The van der Waals surface area contributed by atoms with Gasteiger partial charge in [0.2, 0.25) is 0 Å². The van der Waals surface area contributed by atoms with Gasteiger partial charge in [-0.25, -0.2) is 0 Å². The van der Waals surface area contributed by atoms with Crippen molar-refractivity contribution in [3.63, 3.8) is 0 Å². The van der Waals surface area contributed by atoms with E-state index in [1.165, 1.54) is 12.8 Å². The molecule has 4 heteroatoms. The lowest BCUT2D eigenvalue weighted by Crippen LogP contribution is -2.45. The molecule has 162 valence electrons. The van der Waals surface area contributed by atoms with Gasteiger partial charge in [-0.2, -0.15) is 0 Å². The summed E-state index contributed by atoms with van der Waals surface area (Å²) in [7, 11) is 0. The van der Waals surface area contributed by atoms with Crippen molar-refractivity contribution in [2.75, 3.05) is 13.2 Å². The van der Waals surface area contributed by atoms with Crippen LogP contribution in [-0.4, -0.2) is 29.0 Å². The van der Waals surface area contributed by atoms with Crippen LogP contribution in [0.1, 0.15) is 78.7 Å². The van der Waals surface area contributed by atoms with Crippen molar-refractivity contribution in [3.8, 4) is 11.5 Å². The Kier molecular flexibility index (Phi) is 10.9. The van der Waals surface area contributed by atoms with Crippen LogP contribution in [0, 0.1) is 17.8 Å². The summed E-state index contributed by atoms with van der Waals surface area (Å²) >= 11 is 0. The molecule has 0 fully saturated rings. The Morgan fingerprint density at radius 2 is 1.82 bits per heavy atom. The summed E-state index contributed by atoms with van der Waals surface area (Å²) in [6.07, 6.45) is 6.78. The number of hydrogen-bond donors (Lipinski definition) is 3. The van der Waals surface area contributed by atoms with Gasteiger partial charge in [-0.3, -0.25) is 0 Å². The molecular weight excluding hydrogens is 350 g/mol. The minimum Gasteiger partial charge on any atom is -0.508 e. The van der Waals surface area contributed by atoms with Crippen LogP contribution in [0.15, 0.2) is 18.2 Å². The summed E-state index contributed by atoms with van der Waals surface area (Å²) in [6, 6.07) is 5.53. The van der Waals surface area contributed by atoms with E-state index in [1.54, 1.807) is 6.07 Å². The van der Waals surface area contributed by atoms with Gasteiger partial charge in [0, 0.05) is 11.6 Å². The molecule has 0 aliphatic heterocycles. The summed E-state index contributed by atoms with van der Waals surface area (Å²) in [5.41, 5.74) is 6.64. The second kappa shape index (κ2) is 12.3. The molecule has 0 aromatic heterocycles. The topological polar surface area (TPSA) is 75.7 Å². The number of aromatic hydroxyl groups is 1. The number of ether oxygens (including phenoxy) is 1. The highest BCUT2D eigenvalue weighted by atomic mass is 16.5. The molecule has 1 aromatic rings. The smallest absolute Gasteiger partial charge is 0.123 e. The van der Waals surface area contributed by atoms with Gasteiger partial charge in [-0.15, -0.1) is 0 Å². The molecule has 0 spiro atoms. The van der Waals surface area contributed by atoms with E-state index in [0.29, 0.717) is 37.0 Å². The fourth-order valence-corrected chi connectivity index (χ4v) is 3.51. The van der Waals surface area contributed by atoms with Gasteiger partial charge >= 0.3 is 0 Å². The van der Waals surface area contributed by atoms with Crippen molar-refractivity contribution in [2.24, 2.45) is 23.5 Å². The van der Waals surface area contributed by atoms with Gasteiger partial charge in [0.15, 0.2) is 0 Å². The van der Waals surface area contributed by atoms with E-state index in [1.807, 2.05) is 12.1 Å². The molecule has 3 atom stereocenters. The highest BCUT2D eigenvalue weighted by molar-refractivity contribution is 5.39. The van der Waals surface area contributed by atoms with E-state index >= 15 is 0 Å². The third-order valence-electron chi connectivity index (χ3n) is 5.73. The highest BCUT2D eigenvalue weighted by Gasteiger charge is 2.26. The SMILES string of the molecule is CCC(C)CC(N)(CO)CCc1ccc(OCC(C)CCCC(C)C)cc1O. The van der Waals surface area contributed by atoms with Crippen LogP contribution in [0.3, 0.4) is 0 Å². The van der Waals surface area contributed by atoms with E-state index in [4.69, 9.17) is 10.5 Å². The molecule has 28 heavy (non-hydrogen) atoms. The Bertz CT molecular complexity index is 561. The van der Waals surface area contributed by atoms with Crippen LogP contribution in [0.5, 0.6) is 11.5 Å². The van der Waals surface area contributed by atoms with Gasteiger partial charge < -0.3 is 20.7 Å². The first-order valence-corrected chi connectivity index (χ1v) is 11.0. The van der Waals surface area contributed by atoms with Crippen LogP contribution >= 0.6 is 0 Å². The fraction of sp³-hybridized carbons (Fsp3) is 0.750. The van der Waals surface area contributed by atoms with Crippen LogP contribution < -0.4 is 10.5 Å². The molecule has 0 amide bonds. The number of benzene rings is 1. The maximum atomic E-state index is 10.4. The lowest BCUT2D eigenvalue weighted by molar-refractivity contribution is 0.161. The summed E-state index contributed by atoms with van der Waals surface area (Å²) < 4.78 is 5.87. The molecule has 4 N–H and O–H groups in total. The average Bonchev–Trinajstić information content (AvgIpc) is 2.65. The molecule has 0 bridgehead atoms. The van der Waals surface area contributed by atoms with Gasteiger partial charge in [0.05, 0.1) is 13.2 Å². The standard InChI is InChI=1S/C24H43NO3/c1-6-19(4)15-24(25,17-26)13-12-21-10-11-22(14-23(21)27)28-16-20(5)9-7-8-18(2)3/h10-11,14,18-20,26-27H,6-9,12-13,15-17,25H2,1-5H3. The maximum absolute atomic E-state index is 10.4. The van der Waals surface area contributed by atoms with Crippen molar-refractivity contribution in [1.29, 1.82) is 0 Å². The van der Waals surface area contributed by atoms with Crippen molar-refractivity contribution >= 4 is 0 Å². The first-order chi connectivity index (χ1) is 13.2. The quantitative estimate of drug-likeness (QED) is 0.401. The lowest BCUT2D eigenvalue weighted by Gasteiger charge is -2.30. The van der Waals surface area contributed by atoms with Gasteiger partial charge in [-0.1, -0.05) is 59.9 Å². The predicted octanol–water partition coefficient (Wildman–Crippen LogP) is 5.29. The molecule has 0 aliphatic rings. The predicted molar refractivity (Wildman–Crippen MR) is 118 cm³/mol. The maximum Gasteiger partial charge on any atom is 0.123 e. The number of hydrogen-bond acceptors (Lipinski definition) is 4. The summed E-state index contributed by atoms with van der Waals surface area (Å²) in [6.45, 7) is 11.6. The van der Waals surface area contributed by atoms with Crippen molar-refractivity contribution in [3.05, 3.63) is 23.8 Å². The molecule has 1 rings (SSSR count). The van der Waals surface area contributed by atoms with Crippen molar-refractivity contribution in [2.45, 2.75) is 85.1 Å². The molecule has 0 saturated heterocycles. The zero-order valence-corrected chi connectivity index (χ0v) is 18.7. The Hall–Kier alpha value is -1.26. The second-order valence-electron chi connectivity index (χ2n) is 9.27. The summed E-state index contributed by atoms with van der Waals surface area (Å²) in [4.78, 5) is 0. The molecule has 1 aromatic carbocycles. The Morgan fingerprint density at radius 3 is 2.39 bits per heavy atom. The number of aryl methyl sites for hydroxylation is 1. The monoisotopic (exact) mass is 393 g/mol. The molecule has 0 radical (unpaired) electrons. The van der Waals surface area contributed by atoms with Gasteiger partial charge in [0.25, 0.3) is 0 Å². The molecule has 3 unspecified atom stereocenters. The number of aliphatic hydroxyl groups excluding tert-OH is 1. The summed E-state index contributed by atoms with van der Waals surface area (Å²) in [5.74, 6) is 2.68. The van der Waals surface area contributed by atoms with Crippen molar-refractivity contribution < 1.29 is 14.9 Å². The summed E-state index contributed by atoms with van der Waals surface area (Å²) in [5, 5.41) is 20.1. The molecule has 4 nitrogen and oxygen atoms in total.